The standard InChI is InChI=1S/C6H15O9P/c7-1-3(8)5(10)6(11)4(9)2-15-16(12,13)14/h3-11H,1-2H2,(H2,12,13,14)/t3-,4-,5-,6-/m0/s1. The Morgan fingerprint density at radius 1 is 1.00 bits per heavy atom. The third kappa shape index (κ3) is 5.85. The summed E-state index contributed by atoms with van der Waals surface area (Å²) in [5.74, 6) is 0. The fourth-order valence-electron chi connectivity index (χ4n) is 0.835. The summed E-state index contributed by atoms with van der Waals surface area (Å²) in [4.78, 5) is 16.6. The molecule has 0 aliphatic heterocycles. The molecule has 0 aromatic heterocycles. The summed E-state index contributed by atoms with van der Waals surface area (Å²) in [7, 11) is -4.78. The molecule has 0 fully saturated rings. The van der Waals surface area contributed by atoms with E-state index in [2.05, 4.69) is 4.52 Å². The second-order valence-electron chi connectivity index (χ2n) is 3.08. The molecule has 98 valence electrons. The minimum absolute atomic E-state index is 0.843. The maximum absolute atomic E-state index is 10.2. The lowest BCUT2D eigenvalue weighted by Crippen LogP contribution is -2.47. The minimum atomic E-state index is -4.78. The summed E-state index contributed by atoms with van der Waals surface area (Å²) >= 11 is 0. The highest BCUT2D eigenvalue weighted by Crippen LogP contribution is 2.35. The van der Waals surface area contributed by atoms with Gasteiger partial charge < -0.3 is 35.3 Å². The highest BCUT2D eigenvalue weighted by molar-refractivity contribution is 7.46. The van der Waals surface area contributed by atoms with Gasteiger partial charge in [-0.1, -0.05) is 0 Å². The second-order valence-corrected chi connectivity index (χ2v) is 4.32. The number of hydrogen-bond acceptors (Lipinski definition) is 7. The molecule has 0 aliphatic carbocycles. The Balaban J connectivity index is 4.17. The summed E-state index contributed by atoms with van der Waals surface area (Å²) in [5, 5.41) is 44.8. The first-order valence-electron chi connectivity index (χ1n) is 4.22. The third-order valence-corrected chi connectivity index (χ3v) is 2.22. The van der Waals surface area contributed by atoms with Crippen LogP contribution >= 0.6 is 7.82 Å². The van der Waals surface area contributed by atoms with Gasteiger partial charge in [-0.05, 0) is 0 Å². The molecule has 0 aliphatic rings. The smallest absolute Gasteiger partial charge is 0.394 e. The summed E-state index contributed by atoms with van der Waals surface area (Å²) in [6.45, 7) is -1.77. The van der Waals surface area contributed by atoms with Crippen LogP contribution in [0.5, 0.6) is 0 Å². The van der Waals surface area contributed by atoms with Crippen molar-refractivity contribution in [3.05, 3.63) is 0 Å². The fourth-order valence-corrected chi connectivity index (χ4v) is 1.18. The fraction of sp³-hybridized carbons (Fsp3) is 1.00. The maximum atomic E-state index is 10.2. The maximum Gasteiger partial charge on any atom is 0.469 e. The van der Waals surface area contributed by atoms with Gasteiger partial charge in [-0.2, -0.15) is 0 Å². The van der Waals surface area contributed by atoms with E-state index in [0.29, 0.717) is 0 Å². The molecule has 0 saturated carbocycles. The van der Waals surface area contributed by atoms with Crippen molar-refractivity contribution < 1.29 is 44.4 Å². The van der Waals surface area contributed by atoms with Crippen LogP contribution in [0.1, 0.15) is 0 Å². The zero-order valence-electron chi connectivity index (χ0n) is 8.12. The van der Waals surface area contributed by atoms with Gasteiger partial charge >= 0.3 is 7.82 Å². The van der Waals surface area contributed by atoms with Gasteiger partial charge in [0.15, 0.2) is 0 Å². The summed E-state index contributed by atoms with van der Waals surface area (Å²) in [6, 6.07) is 0. The van der Waals surface area contributed by atoms with Crippen LogP contribution < -0.4 is 0 Å². The summed E-state index contributed by atoms with van der Waals surface area (Å²) < 4.78 is 14.1. The summed E-state index contributed by atoms with van der Waals surface area (Å²) in [6.07, 6.45) is -7.27. The van der Waals surface area contributed by atoms with Crippen LogP contribution in [0.25, 0.3) is 0 Å². The van der Waals surface area contributed by atoms with Crippen molar-refractivity contribution in [3.63, 3.8) is 0 Å². The van der Waals surface area contributed by atoms with Crippen molar-refractivity contribution in [2.45, 2.75) is 24.4 Å². The number of phosphoric acid groups is 1. The average molecular weight is 262 g/mol. The molecule has 0 spiro atoms. The SMILES string of the molecule is O=P(O)(O)OC[C@H](O)[C@H](O)[C@@H](O)[C@@H](O)CO. The normalized spacial score (nSPS) is 20.2. The zero-order chi connectivity index (χ0) is 12.9. The molecule has 9 nitrogen and oxygen atoms in total. The van der Waals surface area contributed by atoms with Crippen molar-refractivity contribution in [2.24, 2.45) is 0 Å². The monoisotopic (exact) mass is 262 g/mol. The van der Waals surface area contributed by atoms with Crippen molar-refractivity contribution in [1.29, 1.82) is 0 Å². The van der Waals surface area contributed by atoms with E-state index in [9.17, 15) is 9.67 Å². The van der Waals surface area contributed by atoms with Crippen molar-refractivity contribution in [2.75, 3.05) is 13.2 Å². The third-order valence-electron chi connectivity index (χ3n) is 1.74. The van der Waals surface area contributed by atoms with E-state index >= 15 is 0 Å². The van der Waals surface area contributed by atoms with Crippen LogP contribution in [0.2, 0.25) is 0 Å². The van der Waals surface area contributed by atoms with Crippen molar-refractivity contribution in [1.82, 2.24) is 0 Å². The highest BCUT2D eigenvalue weighted by Gasteiger charge is 2.31. The van der Waals surface area contributed by atoms with E-state index in [4.69, 9.17) is 30.2 Å². The van der Waals surface area contributed by atoms with Crippen LogP contribution in [0, 0.1) is 0 Å². The molecule has 4 atom stereocenters. The van der Waals surface area contributed by atoms with Gasteiger partial charge in [0.25, 0.3) is 0 Å². The lowest BCUT2D eigenvalue weighted by atomic mass is 10.0. The lowest BCUT2D eigenvalue weighted by molar-refractivity contribution is -0.122. The van der Waals surface area contributed by atoms with Crippen LogP contribution in [0.4, 0.5) is 0 Å². The largest absolute Gasteiger partial charge is 0.469 e. The first-order valence-corrected chi connectivity index (χ1v) is 5.75. The molecule has 0 unspecified atom stereocenters. The van der Waals surface area contributed by atoms with Gasteiger partial charge in [0.2, 0.25) is 0 Å². The van der Waals surface area contributed by atoms with E-state index in [-0.39, 0.29) is 0 Å². The summed E-state index contributed by atoms with van der Waals surface area (Å²) in [5.41, 5.74) is 0. The molecule has 0 heterocycles. The van der Waals surface area contributed by atoms with Crippen LogP contribution in [-0.2, 0) is 9.09 Å². The highest BCUT2D eigenvalue weighted by atomic mass is 31.2. The molecular weight excluding hydrogens is 247 g/mol. The zero-order valence-corrected chi connectivity index (χ0v) is 9.01. The van der Waals surface area contributed by atoms with Crippen LogP contribution in [0.15, 0.2) is 0 Å². The molecular formula is C6H15O9P. The molecule has 0 amide bonds. The topological polar surface area (TPSA) is 168 Å². The Bertz CT molecular complexity index is 240. The predicted octanol–water partition coefficient (Wildman–Crippen LogP) is -3.47. The van der Waals surface area contributed by atoms with Crippen LogP contribution in [-0.4, -0.2) is 72.9 Å². The molecule has 0 aromatic rings. The van der Waals surface area contributed by atoms with E-state index in [1.54, 1.807) is 0 Å². The number of aliphatic hydroxyl groups is 5. The van der Waals surface area contributed by atoms with Gasteiger partial charge in [-0.15, -0.1) is 0 Å². The van der Waals surface area contributed by atoms with E-state index in [1.165, 1.54) is 0 Å². The molecule has 0 bridgehead atoms. The first kappa shape index (κ1) is 15.9. The minimum Gasteiger partial charge on any atom is -0.394 e. The predicted molar refractivity (Wildman–Crippen MR) is 49.1 cm³/mol. The Kier molecular flexibility index (Phi) is 6.56. The Hall–Kier alpha value is -0.0900. The van der Waals surface area contributed by atoms with E-state index < -0.39 is 45.5 Å². The Morgan fingerprint density at radius 2 is 1.44 bits per heavy atom. The number of aliphatic hydroxyl groups excluding tert-OH is 5. The van der Waals surface area contributed by atoms with Gasteiger partial charge in [0.1, 0.15) is 24.4 Å². The van der Waals surface area contributed by atoms with Gasteiger partial charge in [-0.25, -0.2) is 4.57 Å². The molecule has 7 N–H and O–H groups in total. The first-order chi connectivity index (χ1) is 7.19. The Morgan fingerprint density at radius 3 is 1.81 bits per heavy atom. The number of rotatable bonds is 7. The molecule has 0 saturated heterocycles. The van der Waals surface area contributed by atoms with Crippen molar-refractivity contribution in [3.8, 4) is 0 Å². The molecule has 16 heavy (non-hydrogen) atoms. The van der Waals surface area contributed by atoms with Crippen molar-refractivity contribution >= 4 is 7.82 Å². The van der Waals surface area contributed by atoms with E-state index in [0.717, 1.165) is 0 Å². The molecule has 10 heteroatoms. The lowest BCUT2D eigenvalue weighted by Gasteiger charge is -2.25. The number of hydrogen-bond donors (Lipinski definition) is 7. The number of phosphoric ester groups is 1. The van der Waals surface area contributed by atoms with Crippen LogP contribution in [0.3, 0.4) is 0 Å². The van der Waals surface area contributed by atoms with Gasteiger partial charge in [0.05, 0.1) is 13.2 Å². The van der Waals surface area contributed by atoms with Gasteiger partial charge in [0, 0.05) is 0 Å². The molecule has 0 aromatic carbocycles. The second kappa shape index (κ2) is 6.60. The quantitative estimate of drug-likeness (QED) is 0.230. The Labute approximate surface area is 90.8 Å². The molecule has 0 radical (unpaired) electrons. The van der Waals surface area contributed by atoms with Gasteiger partial charge in [-0.3, -0.25) is 4.52 Å². The van der Waals surface area contributed by atoms with E-state index in [1.807, 2.05) is 0 Å². The average Bonchev–Trinajstić information content (AvgIpc) is 2.21. The molecule has 0 rings (SSSR count).